The Morgan fingerprint density at radius 1 is 1.19 bits per heavy atom. The Bertz CT molecular complexity index is 313. The molecule has 2 fully saturated rings. The summed E-state index contributed by atoms with van der Waals surface area (Å²) in [5.74, 6) is 2.79. The van der Waals surface area contributed by atoms with E-state index in [-0.39, 0.29) is 24.0 Å². The molecule has 21 heavy (non-hydrogen) atoms. The molecular weight excluding hydrogens is 375 g/mol. The number of piperidine rings is 1. The van der Waals surface area contributed by atoms with E-state index in [9.17, 15) is 0 Å². The molecular formula is C16H33IN4. The quantitative estimate of drug-likeness (QED) is 0.441. The first-order valence-electron chi connectivity index (χ1n) is 8.40. The highest BCUT2D eigenvalue weighted by Crippen LogP contribution is 2.17. The van der Waals surface area contributed by atoms with E-state index in [0.717, 1.165) is 37.4 Å². The highest BCUT2D eigenvalue weighted by molar-refractivity contribution is 14.0. The predicted octanol–water partition coefficient (Wildman–Crippen LogP) is 2.64. The molecule has 124 valence electrons. The summed E-state index contributed by atoms with van der Waals surface area (Å²) in [6, 6.07) is 0. The van der Waals surface area contributed by atoms with Crippen molar-refractivity contribution >= 4 is 29.9 Å². The van der Waals surface area contributed by atoms with Crippen LogP contribution in [0, 0.1) is 11.8 Å². The number of likely N-dealkylation sites (tertiary alicyclic amines) is 2. The fraction of sp³-hybridized carbons (Fsp3) is 0.938. The lowest BCUT2D eigenvalue weighted by Gasteiger charge is -2.33. The molecule has 0 bridgehead atoms. The second-order valence-electron chi connectivity index (χ2n) is 6.55. The van der Waals surface area contributed by atoms with Gasteiger partial charge in [-0.25, -0.2) is 0 Å². The van der Waals surface area contributed by atoms with Crippen molar-refractivity contribution in [2.24, 2.45) is 16.8 Å². The molecule has 2 rings (SSSR count). The Balaban J connectivity index is 0.00000220. The number of halogens is 1. The topological polar surface area (TPSA) is 30.9 Å². The maximum Gasteiger partial charge on any atom is 0.193 e. The van der Waals surface area contributed by atoms with Gasteiger partial charge in [0.2, 0.25) is 0 Å². The largest absolute Gasteiger partial charge is 0.356 e. The van der Waals surface area contributed by atoms with Gasteiger partial charge in [-0.1, -0.05) is 13.8 Å². The Morgan fingerprint density at radius 2 is 1.90 bits per heavy atom. The van der Waals surface area contributed by atoms with Gasteiger partial charge in [0.05, 0.1) is 0 Å². The summed E-state index contributed by atoms with van der Waals surface area (Å²) < 4.78 is 0. The summed E-state index contributed by atoms with van der Waals surface area (Å²) >= 11 is 0. The Kier molecular flexibility index (Phi) is 8.94. The molecule has 1 N–H and O–H groups in total. The molecule has 2 saturated heterocycles. The molecule has 0 aromatic carbocycles. The smallest absolute Gasteiger partial charge is 0.193 e. The number of aliphatic imine (C=N–C) groups is 1. The number of nitrogens with zero attached hydrogens (tertiary/aromatic N) is 3. The highest BCUT2D eigenvalue weighted by atomic mass is 127. The van der Waals surface area contributed by atoms with Crippen LogP contribution in [0.3, 0.4) is 0 Å². The van der Waals surface area contributed by atoms with Gasteiger partial charge in [0.25, 0.3) is 0 Å². The van der Waals surface area contributed by atoms with Gasteiger partial charge in [-0.15, -0.1) is 24.0 Å². The SMILES string of the molecule is CCCN1CCC(CNC(=NC)N2CCC(C)CC2)C1.I. The van der Waals surface area contributed by atoms with Crippen molar-refractivity contribution in [3.05, 3.63) is 0 Å². The average Bonchev–Trinajstić information content (AvgIpc) is 2.89. The minimum absolute atomic E-state index is 0. The molecule has 0 amide bonds. The van der Waals surface area contributed by atoms with Crippen LogP contribution >= 0.6 is 24.0 Å². The molecule has 2 aliphatic heterocycles. The van der Waals surface area contributed by atoms with Crippen LogP contribution in [0.2, 0.25) is 0 Å². The molecule has 1 atom stereocenters. The summed E-state index contributed by atoms with van der Waals surface area (Å²) in [4.78, 5) is 9.50. The zero-order chi connectivity index (χ0) is 14.4. The molecule has 0 aromatic heterocycles. The molecule has 0 radical (unpaired) electrons. The van der Waals surface area contributed by atoms with Crippen LogP contribution in [0.25, 0.3) is 0 Å². The van der Waals surface area contributed by atoms with Crippen molar-refractivity contribution in [2.45, 2.75) is 39.5 Å². The van der Waals surface area contributed by atoms with Gasteiger partial charge in [0.1, 0.15) is 0 Å². The number of guanidine groups is 1. The first-order chi connectivity index (χ1) is 9.72. The number of nitrogens with one attached hydrogen (secondary N) is 1. The van der Waals surface area contributed by atoms with Crippen LogP contribution in [0.1, 0.15) is 39.5 Å². The lowest BCUT2D eigenvalue weighted by Crippen LogP contribution is -2.46. The van der Waals surface area contributed by atoms with Crippen LogP contribution in [-0.2, 0) is 0 Å². The van der Waals surface area contributed by atoms with Gasteiger partial charge >= 0.3 is 0 Å². The minimum Gasteiger partial charge on any atom is -0.356 e. The van der Waals surface area contributed by atoms with Gasteiger partial charge in [-0.05, 0) is 50.6 Å². The minimum atomic E-state index is 0. The normalized spacial score (nSPS) is 25.0. The van der Waals surface area contributed by atoms with Crippen molar-refractivity contribution in [1.29, 1.82) is 0 Å². The van der Waals surface area contributed by atoms with Gasteiger partial charge in [0.15, 0.2) is 5.96 Å². The van der Waals surface area contributed by atoms with Crippen molar-refractivity contribution < 1.29 is 0 Å². The third-order valence-corrected chi connectivity index (χ3v) is 4.75. The van der Waals surface area contributed by atoms with Crippen molar-refractivity contribution in [2.75, 3.05) is 46.3 Å². The van der Waals surface area contributed by atoms with E-state index in [1.165, 1.54) is 45.3 Å². The van der Waals surface area contributed by atoms with E-state index in [0.29, 0.717) is 0 Å². The fourth-order valence-electron chi connectivity index (χ4n) is 3.39. The van der Waals surface area contributed by atoms with E-state index in [1.54, 1.807) is 0 Å². The van der Waals surface area contributed by atoms with E-state index in [1.807, 2.05) is 7.05 Å². The predicted molar refractivity (Wildman–Crippen MR) is 102 cm³/mol. The number of hydrogen-bond acceptors (Lipinski definition) is 2. The Hall–Kier alpha value is -0.0400. The summed E-state index contributed by atoms with van der Waals surface area (Å²) in [5.41, 5.74) is 0. The number of rotatable bonds is 4. The molecule has 0 spiro atoms. The van der Waals surface area contributed by atoms with Crippen molar-refractivity contribution in [3.8, 4) is 0 Å². The molecule has 1 unspecified atom stereocenters. The third kappa shape index (κ3) is 5.93. The van der Waals surface area contributed by atoms with E-state index < -0.39 is 0 Å². The summed E-state index contributed by atoms with van der Waals surface area (Å²) in [6.45, 7) is 11.8. The molecule has 5 heteroatoms. The highest BCUT2D eigenvalue weighted by Gasteiger charge is 2.23. The van der Waals surface area contributed by atoms with E-state index in [4.69, 9.17) is 0 Å². The summed E-state index contributed by atoms with van der Waals surface area (Å²) in [7, 11) is 1.92. The van der Waals surface area contributed by atoms with Crippen LogP contribution < -0.4 is 5.32 Å². The van der Waals surface area contributed by atoms with Crippen LogP contribution in [0.5, 0.6) is 0 Å². The zero-order valence-electron chi connectivity index (χ0n) is 14.0. The zero-order valence-corrected chi connectivity index (χ0v) is 16.3. The fourth-order valence-corrected chi connectivity index (χ4v) is 3.39. The van der Waals surface area contributed by atoms with Crippen LogP contribution in [-0.4, -0.2) is 62.1 Å². The molecule has 0 aromatic rings. The first-order valence-corrected chi connectivity index (χ1v) is 8.40. The van der Waals surface area contributed by atoms with Gasteiger partial charge in [-0.3, -0.25) is 4.99 Å². The van der Waals surface area contributed by atoms with Crippen molar-refractivity contribution in [3.63, 3.8) is 0 Å². The third-order valence-electron chi connectivity index (χ3n) is 4.75. The maximum atomic E-state index is 4.47. The lowest BCUT2D eigenvalue weighted by atomic mass is 9.99. The average molecular weight is 408 g/mol. The van der Waals surface area contributed by atoms with Crippen LogP contribution in [0.15, 0.2) is 4.99 Å². The first kappa shape index (κ1) is 19.0. The Morgan fingerprint density at radius 3 is 2.52 bits per heavy atom. The van der Waals surface area contributed by atoms with E-state index in [2.05, 4.69) is 34.0 Å². The van der Waals surface area contributed by atoms with Crippen LogP contribution in [0.4, 0.5) is 0 Å². The van der Waals surface area contributed by atoms with Crippen molar-refractivity contribution in [1.82, 2.24) is 15.1 Å². The Labute approximate surface area is 147 Å². The molecule has 2 heterocycles. The molecule has 0 saturated carbocycles. The maximum absolute atomic E-state index is 4.47. The number of hydrogen-bond donors (Lipinski definition) is 1. The standard InChI is InChI=1S/C16H32N4.HI/c1-4-8-19-9-7-15(13-19)12-18-16(17-3)20-10-5-14(2)6-11-20;/h14-15H,4-13H2,1-3H3,(H,17,18);1H. The van der Waals surface area contributed by atoms with E-state index >= 15 is 0 Å². The summed E-state index contributed by atoms with van der Waals surface area (Å²) in [6.07, 6.45) is 5.21. The summed E-state index contributed by atoms with van der Waals surface area (Å²) in [5, 5.41) is 3.61. The lowest BCUT2D eigenvalue weighted by molar-refractivity contribution is 0.271. The molecule has 0 aliphatic carbocycles. The second-order valence-corrected chi connectivity index (χ2v) is 6.55. The van der Waals surface area contributed by atoms with Gasteiger partial charge in [0, 0.05) is 33.2 Å². The van der Waals surface area contributed by atoms with Gasteiger partial charge < -0.3 is 15.1 Å². The van der Waals surface area contributed by atoms with Gasteiger partial charge in [-0.2, -0.15) is 0 Å². The second kappa shape index (κ2) is 9.87. The molecule has 4 nitrogen and oxygen atoms in total. The monoisotopic (exact) mass is 408 g/mol. The molecule has 2 aliphatic rings.